The predicted octanol–water partition coefficient (Wildman–Crippen LogP) is 4.90. The molecule has 0 aliphatic heterocycles. The van der Waals surface area contributed by atoms with Crippen LogP contribution < -0.4 is 10.6 Å². The van der Waals surface area contributed by atoms with Crippen molar-refractivity contribution in [3.05, 3.63) is 59.7 Å². The van der Waals surface area contributed by atoms with Gasteiger partial charge in [0.15, 0.2) is 0 Å². The third-order valence-electron chi connectivity index (χ3n) is 5.25. The quantitative estimate of drug-likeness (QED) is 0.741. The Bertz CT molecular complexity index is 826. The van der Waals surface area contributed by atoms with Crippen LogP contribution in [0.15, 0.2) is 48.5 Å². The van der Waals surface area contributed by atoms with E-state index in [1.807, 2.05) is 48.5 Å². The average Bonchev–Trinajstić information content (AvgIpc) is 3.44. The number of hydrogen-bond donors (Lipinski definition) is 2. The lowest BCUT2D eigenvalue weighted by Gasteiger charge is -2.20. The van der Waals surface area contributed by atoms with Crippen molar-refractivity contribution >= 4 is 23.2 Å². The number of anilines is 2. The van der Waals surface area contributed by atoms with E-state index in [0.717, 1.165) is 17.8 Å². The number of rotatable bonds is 5. The van der Waals surface area contributed by atoms with E-state index in [1.165, 1.54) is 11.1 Å². The van der Waals surface area contributed by atoms with Crippen LogP contribution in [0.3, 0.4) is 0 Å². The first-order valence-corrected chi connectivity index (χ1v) is 9.57. The van der Waals surface area contributed by atoms with E-state index in [9.17, 15) is 9.59 Å². The standard InChI is InChI=1S/C23H28N2O2/c1-5-16-6-10-18(11-7-16)24-20(26)23(14-15-23)21(27)25-19-12-8-17(9-13-19)22(2,3)4/h6-13H,5,14-15H2,1-4H3,(H,24,26)(H,25,27). The van der Waals surface area contributed by atoms with Gasteiger partial charge in [-0.2, -0.15) is 0 Å². The Morgan fingerprint density at radius 1 is 0.852 bits per heavy atom. The summed E-state index contributed by atoms with van der Waals surface area (Å²) in [5, 5.41) is 5.80. The minimum Gasteiger partial charge on any atom is -0.325 e. The van der Waals surface area contributed by atoms with Crippen LogP contribution in [-0.2, 0) is 21.4 Å². The lowest BCUT2D eigenvalue weighted by atomic mass is 9.87. The number of carbonyl (C=O) groups excluding carboxylic acids is 2. The first-order chi connectivity index (χ1) is 12.7. The number of aryl methyl sites for hydroxylation is 1. The van der Waals surface area contributed by atoms with Crippen LogP contribution in [0.5, 0.6) is 0 Å². The molecule has 0 atom stereocenters. The van der Waals surface area contributed by atoms with E-state index in [-0.39, 0.29) is 17.2 Å². The molecule has 0 radical (unpaired) electrons. The lowest BCUT2D eigenvalue weighted by Crippen LogP contribution is -2.35. The summed E-state index contributed by atoms with van der Waals surface area (Å²) in [6.45, 7) is 8.54. The Kier molecular flexibility index (Phi) is 5.09. The van der Waals surface area contributed by atoms with E-state index >= 15 is 0 Å². The normalized spacial score (nSPS) is 15.1. The fraction of sp³-hybridized carbons (Fsp3) is 0.391. The molecule has 2 amide bonds. The van der Waals surface area contributed by atoms with E-state index in [0.29, 0.717) is 12.8 Å². The molecule has 2 aromatic rings. The van der Waals surface area contributed by atoms with Gasteiger partial charge in [-0.1, -0.05) is 52.0 Å². The van der Waals surface area contributed by atoms with Crippen LogP contribution in [0.1, 0.15) is 51.7 Å². The molecular weight excluding hydrogens is 336 g/mol. The van der Waals surface area contributed by atoms with Crippen LogP contribution in [0.2, 0.25) is 0 Å². The maximum absolute atomic E-state index is 12.7. The minimum absolute atomic E-state index is 0.0630. The van der Waals surface area contributed by atoms with Crippen LogP contribution in [-0.4, -0.2) is 11.8 Å². The van der Waals surface area contributed by atoms with Crippen molar-refractivity contribution in [1.82, 2.24) is 0 Å². The van der Waals surface area contributed by atoms with Gasteiger partial charge in [-0.3, -0.25) is 9.59 Å². The molecule has 0 heterocycles. The summed E-state index contributed by atoms with van der Waals surface area (Å²) < 4.78 is 0. The van der Waals surface area contributed by atoms with Crippen molar-refractivity contribution in [1.29, 1.82) is 0 Å². The third-order valence-corrected chi connectivity index (χ3v) is 5.25. The highest BCUT2D eigenvalue weighted by molar-refractivity contribution is 6.16. The molecule has 4 heteroatoms. The summed E-state index contributed by atoms with van der Waals surface area (Å²) in [5.74, 6) is -0.454. The van der Waals surface area contributed by atoms with Crippen LogP contribution in [0, 0.1) is 5.41 Å². The predicted molar refractivity (Wildman–Crippen MR) is 110 cm³/mol. The summed E-state index contributed by atoms with van der Waals surface area (Å²) in [6.07, 6.45) is 2.12. The monoisotopic (exact) mass is 364 g/mol. The molecule has 0 spiro atoms. The third kappa shape index (κ3) is 4.21. The maximum Gasteiger partial charge on any atom is 0.240 e. The van der Waals surface area contributed by atoms with Crippen molar-refractivity contribution < 1.29 is 9.59 Å². The molecule has 1 saturated carbocycles. The number of carbonyl (C=O) groups is 2. The molecule has 0 saturated heterocycles. The highest BCUT2D eigenvalue weighted by Crippen LogP contribution is 2.47. The van der Waals surface area contributed by atoms with Gasteiger partial charge in [-0.15, -0.1) is 0 Å². The Morgan fingerprint density at radius 3 is 1.67 bits per heavy atom. The minimum atomic E-state index is -0.952. The fourth-order valence-corrected chi connectivity index (χ4v) is 3.06. The summed E-state index contributed by atoms with van der Waals surface area (Å²) in [5.41, 5.74) is 2.98. The Hall–Kier alpha value is -2.62. The Labute approximate surface area is 161 Å². The van der Waals surface area contributed by atoms with Crippen molar-refractivity contribution in [3.63, 3.8) is 0 Å². The number of nitrogens with one attached hydrogen (secondary N) is 2. The Balaban J connectivity index is 1.65. The molecule has 1 aliphatic rings. The summed E-state index contributed by atoms with van der Waals surface area (Å²) >= 11 is 0. The largest absolute Gasteiger partial charge is 0.325 e. The summed E-state index contributed by atoms with van der Waals surface area (Å²) in [6, 6.07) is 15.6. The first kappa shape index (κ1) is 19.2. The molecule has 1 fully saturated rings. The zero-order chi connectivity index (χ0) is 19.7. The van der Waals surface area contributed by atoms with E-state index in [4.69, 9.17) is 0 Å². The van der Waals surface area contributed by atoms with Gasteiger partial charge in [0.2, 0.25) is 11.8 Å². The van der Waals surface area contributed by atoms with E-state index < -0.39 is 5.41 Å². The van der Waals surface area contributed by atoms with Gasteiger partial charge < -0.3 is 10.6 Å². The number of amides is 2. The fourth-order valence-electron chi connectivity index (χ4n) is 3.06. The zero-order valence-electron chi connectivity index (χ0n) is 16.6. The molecule has 27 heavy (non-hydrogen) atoms. The molecule has 2 N–H and O–H groups in total. The van der Waals surface area contributed by atoms with Crippen LogP contribution in [0.4, 0.5) is 11.4 Å². The molecular formula is C23H28N2O2. The Morgan fingerprint density at radius 2 is 1.30 bits per heavy atom. The van der Waals surface area contributed by atoms with Gasteiger partial charge in [0.25, 0.3) is 0 Å². The molecule has 0 bridgehead atoms. The van der Waals surface area contributed by atoms with Gasteiger partial charge >= 0.3 is 0 Å². The van der Waals surface area contributed by atoms with Crippen molar-refractivity contribution in [2.75, 3.05) is 10.6 Å². The highest BCUT2D eigenvalue weighted by Gasteiger charge is 2.56. The van der Waals surface area contributed by atoms with Gasteiger partial charge in [0.05, 0.1) is 0 Å². The van der Waals surface area contributed by atoms with E-state index in [1.54, 1.807) is 0 Å². The van der Waals surface area contributed by atoms with Gasteiger partial charge in [0, 0.05) is 11.4 Å². The van der Waals surface area contributed by atoms with Gasteiger partial charge in [0.1, 0.15) is 5.41 Å². The lowest BCUT2D eigenvalue weighted by molar-refractivity contribution is -0.131. The summed E-state index contributed by atoms with van der Waals surface area (Å²) in [7, 11) is 0. The van der Waals surface area contributed by atoms with Crippen molar-refractivity contribution in [2.45, 2.75) is 52.4 Å². The summed E-state index contributed by atoms with van der Waals surface area (Å²) in [4.78, 5) is 25.4. The molecule has 4 nitrogen and oxygen atoms in total. The molecule has 0 aromatic heterocycles. The maximum atomic E-state index is 12.7. The average molecular weight is 364 g/mol. The topological polar surface area (TPSA) is 58.2 Å². The second-order valence-electron chi connectivity index (χ2n) is 8.37. The molecule has 142 valence electrons. The molecule has 1 aliphatic carbocycles. The van der Waals surface area contributed by atoms with Crippen LogP contribution in [0.25, 0.3) is 0 Å². The SMILES string of the molecule is CCc1ccc(NC(=O)C2(C(=O)Nc3ccc(C(C)(C)C)cc3)CC2)cc1. The smallest absolute Gasteiger partial charge is 0.240 e. The molecule has 3 rings (SSSR count). The zero-order valence-corrected chi connectivity index (χ0v) is 16.6. The first-order valence-electron chi connectivity index (χ1n) is 9.57. The highest BCUT2D eigenvalue weighted by atomic mass is 16.2. The number of benzene rings is 2. The van der Waals surface area contributed by atoms with Crippen molar-refractivity contribution in [2.24, 2.45) is 5.41 Å². The van der Waals surface area contributed by atoms with E-state index in [2.05, 4.69) is 38.3 Å². The second kappa shape index (κ2) is 7.18. The van der Waals surface area contributed by atoms with Gasteiger partial charge in [-0.25, -0.2) is 0 Å². The van der Waals surface area contributed by atoms with Gasteiger partial charge in [-0.05, 0) is 60.1 Å². The molecule has 0 unspecified atom stereocenters. The van der Waals surface area contributed by atoms with Crippen LogP contribution >= 0.6 is 0 Å². The molecule has 2 aromatic carbocycles. The number of hydrogen-bond acceptors (Lipinski definition) is 2. The second-order valence-corrected chi connectivity index (χ2v) is 8.37. The van der Waals surface area contributed by atoms with Crippen molar-refractivity contribution in [3.8, 4) is 0 Å².